The Hall–Kier alpha value is -0.800. The number of nitrogens with one attached hydrogen (secondary N) is 1. The number of hydrogen-bond donors (Lipinski definition) is 3. The first-order valence-corrected chi connectivity index (χ1v) is 5.78. The van der Waals surface area contributed by atoms with Gasteiger partial charge in [0.05, 0.1) is 22.0 Å². The molecule has 2 unspecified atom stereocenters. The second kappa shape index (κ2) is 6.06. The minimum Gasteiger partial charge on any atom is -0.392 e. The van der Waals surface area contributed by atoms with Gasteiger partial charge in [-0.15, -0.1) is 0 Å². The molecule has 1 rings (SSSR count). The number of halogens is 1. The monoisotopic (exact) mass is 338 g/mol. The van der Waals surface area contributed by atoms with Gasteiger partial charge >= 0.3 is 0 Å². The molecule has 1 heterocycles. The minimum atomic E-state index is -1.45. The van der Waals surface area contributed by atoms with E-state index in [0.717, 1.165) is 0 Å². The number of imidazole rings is 1. The summed E-state index contributed by atoms with van der Waals surface area (Å²) >= 11 is 1.97. The Kier molecular flexibility index (Phi) is 5.03. The van der Waals surface area contributed by atoms with Crippen LogP contribution < -0.4 is 0 Å². The van der Waals surface area contributed by atoms with Crippen molar-refractivity contribution in [2.24, 2.45) is 0 Å². The van der Waals surface area contributed by atoms with Crippen LogP contribution in [-0.2, 0) is 9.59 Å². The lowest BCUT2D eigenvalue weighted by Crippen LogP contribution is -2.28. The zero-order valence-electron chi connectivity index (χ0n) is 8.21. The van der Waals surface area contributed by atoms with Crippen LogP contribution in [0.15, 0.2) is 12.5 Å². The van der Waals surface area contributed by atoms with E-state index in [4.69, 9.17) is 0 Å². The average molecular weight is 338 g/mol. The number of alkyl halides is 1. The smallest absolute Gasteiger partial charge is 0.223 e. The van der Waals surface area contributed by atoms with E-state index in [1.165, 1.54) is 6.33 Å². The first kappa shape index (κ1) is 13.3. The first-order chi connectivity index (χ1) is 7.56. The number of aromatic amines is 1. The molecule has 1 aromatic rings. The lowest BCUT2D eigenvalue weighted by molar-refractivity contribution is -0.136. The van der Waals surface area contributed by atoms with E-state index in [-0.39, 0.29) is 16.6 Å². The number of aromatic nitrogens is 2. The van der Waals surface area contributed by atoms with Gasteiger partial charge in [-0.1, -0.05) is 22.6 Å². The highest BCUT2D eigenvalue weighted by Crippen LogP contribution is 2.27. The third-order valence-electron chi connectivity index (χ3n) is 2.06. The van der Waals surface area contributed by atoms with Crippen LogP contribution in [0.1, 0.15) is 16.0 Å². The zero-order valence-corrected chi connectivity index (χ0v) is 10.4. The van der Waals surface area contributed by atoms with Gasteiger partial charge in [0.25, 0.3) is 0 Å². The second-order valence-corrected chi connectivity index (χ2v) is 4.59. The molecular formula is C9H11IN2O4. The topological polar surface area (TPSA) is 103 Å². The first-order valence-electron chi connectivity index (χ1n) is 4.53. The molecule has 1 aromatic heterocycles. The average Bonchev–Trinajstić information content (AvgIpc) is 2.79. The molecule has 0 aliphatic heterocycles. The van der Waals surface area contributed by atoms with Crippen molar-refractivity contribution in [3.63, 3.8) is 0 Å². The lowest BCUT2D eigenvalue weighted by Gasteiger charge is -2.17. The quantitative estimate of drug-likeness (QED) is 0.288. The summed E-state index contributed by atoms with van der Waals surface area (Å²) in [4.78, 5) is 27.5. The maximum atomic E-state index is 10.8. The number of carbonyl (C=O) groups excluding carboxylic acids is 2. The number of hydrogen-bond acceptors (Lipinski definition) is 5. The molecule has 88 valence electrons. The fourth-order valence-corrected chi connectivity index (χ4v) is 1.80. The van der Waals surface area contributed by atoms with E-state index in [0.29, 0.717) is 5.69 Å². The molecule has 7 heteroatoms. The number of Topliss-reactive ketones (excluding diaryl/α,β-unsaturated/α-hetero) is 1. The van der Waals surface area contributed by atoms with E-state index < -0.39 is 18.0 Å². The third-order valence-corrected chi connectivity index (χ3v) is 3.56. The predicted octanol–water partition coefficient (Wildman–Crippen LogP) is -0.234. The van der Waals surface area contributed by atoms with E-state index in [1.807, 2.05) is 22.6 Å². The van der Waals surface area contributed by atoms with Crippen molar-refractivity contribution in [1.29, 1.82) is 0 Å². The zero-order chi connectivity index (χ0) is 12.1. The Morgan fingerprint density at radius 3 is 2.81 bits per heavy atom. The predicted molar refractivity (Wildman–Crippen MR) is 63.1 cm³/mol. The number of aliphatic hydroxyl groups is 2. The summed E-state index contributed by atoms with van der Waals surface area (Å²) in [5, 5.41) is 19.0. The van der Waals surface area contributed by atoms with Gasteiger partial charge in [-0.25, -0.2) is 4.98 Å². The van der Waals surface area contributed by atoms with Gasteiger partial charge in [0.1, 0.15) is 6.10 Å². The number of nitrogens with zero attached hydrogens (tertiary/aromatic N) is 1. The van der Waals surface area contributed by atoms with Crippen molar-refractivity contribution in [3.8, 4) is 0 Å². The summed E-state index contributed by atoms with van der Waals surface area (Å²) in [7, 11) is 0. The Bertz CT molecular complexity index is 354. The molecule has 0 saturated carbocycles. The van der Waals surface area contributed by atoms with Crippen molar-refractivity contribution in [2.75, 3.05) is 0 Å². The molecule has 0 saturated heterocycles. The van der Waals surface area contributed by atoms with Crippen molar-refractivity contribution < 1.29 is 19.8 Å². The summed E-state index contributed by atoms with van der Waals surface area (Å²) < 4.78 is -0.325. The molecule has 0 fully saturated rings. The number of rotatable bonds is 6. The van der Waals surface area contributed by atoms with Gasteiger partial charge in [0.2, 0.25) is 5.78 Å². The van der Waals surface area contributed by atoms with Crippen LogP contribution in [0.25, 0.3) is 0 Å². The summed E-state index contributed by atoms with van der Waals surface area (Å²) in [5.41, 5.74) is 0.693. The Morgan fingerprint density at radius 1 is 1.62 bits per heavy atom. The summed E-state index contributed by atoms with van der Waals surface area (Å²) in [6, 6.07) is 0. The highest BCUT2D eigenvalue weighted by molar-refractivity contribution is 14.1. The van der Waals surface area contributed by atoms with Gasteiger partial charge in [0.15, 0.2) is 6.29 Å². The summed E-state index contributed by atoms with van der Waals surface area (Å²) in [6.07, 6.45) is 0.516. The minimum absolute atomic E-state index is 0.0514. The van der Waals surface area contributed by atoms with E-state index in [1.54, 1.807) is 6.20 Å². The molecule has 0 aromatic carbocycles. The van der Waals surface area contributed by atoms with Crippen molar-refractivity contribution in [1.82, 2.24) is 9.97 Å². The molecule has 0 aliphatic carbocycles. The van der Waals surface area contributed by atoms with Crippen LogP contribution in [0.3, 0.4) is 0 Å². The molecule has 0 spiro atoms. The van der Waals surface area contributed by atoms with E-state index in [9.17, 15) is 19.8 Å². The fraction of sp³-hybridized carbons (Fsp3) is 0.444. The molecule has 3 atom stereocenters. The Labute approximate surface area is 105 Å². The summed E-state index contributed by atoms with van der Waals surface area (Å²) in [6.45, 7) is 0. The molecule has 0 amide bonds. The lowest BCUT2D eigenvalue weighted by atomic mass is 10.1. The normalized spacial score (nSPS) is 16.4. The maximum Gasteiger partial charge on any atom is 0.223 e. The van der Waals surface area contributed by atoms with Crippen molar-refractivity contribution in [2.45, 2.75) is 22.6 Å². The van der Waals surface area contributed by atoms with Crippen LogP contribution >= 0.6 is 22.6 Å². The van der Waals surface area contributed by atoms with Gasteiger partial charge in [0, 0.05) is 12.6 Å². The van der Waals surface area contributed by atoms with Crippen LogP contribution in [-0.4, -0.2) is 44.5 Å². The van der Waals surface area contributed by atoms with Gasteiger partial charge < -0.3 is 15.2 Å². The number of carbonyl (C=O) groups is 2. The SMILES string of the molecule is O=CC(=O)[C@@H](O)CC(O)C(I)c1cnc[nH]1. The van der Waals surface area contributed by atoms with Gasteiger partial charge in [-0.2, -0.15) is 0 Å². The molecule has 0 radical (unpaired) electrons. The number of ketones is 1. The Morgan fingerprint density at radius 2 is 2.31 bits per heavy atom. The van der Waals surface area contributed by atoms with Crippen LogP contribution in [0, 0.1) is 0 Å². The molecule has 16 heavy (non-hydrogen) atoms. The fourth-order valence-electron chi connectivity index (χ4n) is 1.17. The number of aldehydes is 1. The van der Waals surface area contributed by atoms with Gasteiger partial charge in [-0.05, 0) is 0 Å². The standard InChI is InChI=1S/C9H11IN2O4/c10-9(5-2-11-4-12-5)7(15)1-6(14)8(16)3-13/h2-4,6-7,9,14-15H,1H2,(H,11,12)/t6-,7?,9?/m0/s1. The highest BCUT2D eigenvalue weighted by Gasteiger charge is 2.25. The second-order valence-electron chi connectivity index (χ2n) is 3.25. The van der Waals surface area contributed by atoms with E-state index >= 15 is 0 Å². The Balaban J connectivity index is 2.55. The van der Waals surface area contributed by atoms with E-state index in [2.05, 4.69) is 9.97 Å². The molecule has 0 aliphatic rings. The highest BCUT2D eigenvalue weighted by atomic mass is 127. The molecule has 3 N–H and O–H groups in total. The van der Waals surface area contributed by atoms with Crippen molar-refractivity contribution in [3.05, 3.63) is 18.2 Å². The van der Waals surface area contributed by atoms with Crippen molar-refractivity contribution >= 4 is 34.7 Å². The van der Waals surface area contributed by atoms with Crippen LogP contribution in [0.2, 0.25) is 0 Å². The molecule has 0 bridgehead atoms. The van der Waals surface area contributed by atoms with Crippen LogP contribution in [0.5, 0.6) is 0 Å². The molecular weight excluding hydrogens is 327 g/mol. The number of aliphatic hydroxyl groups excluding tert-OH is 2. The largest absolute Gasteiger partial charge is 0.392 e. The summed E-state index contributed by atoms with van der Waals surface area (Å²) in [5.74, 6) is -0.924. The number of H-pyrrole nitrogens is 1. The van der Waals surface area contributed by atoms with Gasteiger partial charge in [-0.3, -0.25) is 9.59 Å². The maximum absolute atomic E-state index is 10.8. The third kappa shape index (κ3) is 3.35. The van der Waals surface area contributed by atoms with Crippen LogP contribution in [0.4, 0.5) is 0 Å². The molecule has 6 nitrogen and oxygen atoms in total.